The van der Waals surface area contributed by atoms with E-state index in [0.717, 1.165) is 0 Å². The molecular formula is C13H27NO4. The van der Waals surface area contributed by atoms with Gasteiger partial charge in [0.25, 0.3) is 0 Å². The van der Waals surface area contributed by atoms with E-state index in [4.69, 9.17) is 19.9 Å². The Morgan fingerprint density at radius 3 is 2.22 bits per heavy atom. The molecule has 0 heterocycles. The smallest absolute Gasteiger partial charge is 0.435 e. The maximum absolute atomic E-state index is 11.5. The summed E-state index contributed by atoms with van der Waals surface area (Å²) in [6, 6.07) is 0. The van der Waals surface area contributed by atoms with Gasteiger partial charge in [-0.3, -0.25) is 0 Å². The number of carbonyl (C=O) groups excluding carboxylic acids is 1. The predicted octanol–water partition coefficient (Wildman–Crippen LogP) is 2.68. The molecule has 5 heteroatoms. The first kappa shape index (κ1) is 17.2. The van der Waals surface area contributed by atoms with E-state index in [1.54, 1.807) is 13.8 Å². The summed E-state index contributed by atoms with van der Waals surface area (Å²) in [6.45, 7) is 12.0. The van der Waals surface area contributed by atoms with E-state index in [1.807, 2.05) is 27.7 Å². The highest BCUT2D eigenvalue weighted by atomic mass is 16.7. The lowest BCUT2D eigenvalue weighted by molar-refractivity contribution is -0.125. The van der Waals surface area contributed by atoms with E-state index in [9.17, 15) is 4.79 Å². The quantitative estimate of drug-likeness (QED) is 0.563. The zero-order valence-corrected chi connectivity index (χ0v) is 12.4. The maximum Gasteiger partial charge on any atom is 0.508 e. The highest BCUT2D eigenvalue weighted by molar-refractivity contribution is 5.60. The zero-order chi connectivity index (χ0) is 14.4. The van der Waals surface area contributed by atoms with Crippen molar-refractivity contribution in [3.63, 3.8) is 0 Å². The van der Waals surface area contributed by atoms with Gasteiger partial charge in [-0.05, 0) is 27.2 Å². The first-order valence-corrected chi connectivity index (χ1v) is 6.41. The normalized spacial score (nSPS) is 16.8. The van der Waals surface area contributed by atoms with Crippen LogP contribution in [0.25, 0.3) is 0 Å². The first-order valence-electron chi connectivity index (χ1n) is 6.41. The minimum absolute atomic E-state index is 0.301. The summed E-state index contributed by atoms with van der Waals surface area (Å²) >= 11 is 0. The Labute approximate surface area is 110 Å². The molecule has 2 atom stereocenters. The molecule has 0 bridgehead atoms. The Morgan fingerprint density at radius 1 is 1.28 bits per heavy atom. The van der Waals surface area contributed by atoms with Crippen molar-refractivity contribution in [2.45, 2.75) is 59.8 Å². The second kappa shape index (κ2) is 6.95. The molecule has 0 rings (SSSR count). The van der Waals surface area contributed by atoms with Crippen LogP contribution in [-0.2, 0) is 14.2 Å². The molecule has 0 amide bonds. The van der Waals surface area contributed by atoms with Gasteiger partial charge in [-0.15, -0.1) is 0 Å². The second-order valence-electron chi connectivity index (χ2n) is 5.27. The SMILES string of the molecule is CCOC(=O)OC(C)(CC)C(C)(C)COC(C)N. The molecular weight excluding hydrogens is 234 g/mol. The van der Waals surface area contributed by atoms with Gasteiger partial charge in [0.1, 0.15) is 11.8 Å². The molecule has 5 nitrogen and oxygen atoms in total. The lowest BCUT2D eigenvalue weighted by Gasteiger charge is -2.42. The van der Waals surface area contributed by atoms with Gasteiger partial charge in [0, 0.05) is 5.41 Å². The van der Waals surface area contributed by atoms with E-state index in [1.165, 1.54) is 0 Å². The summed E-state index contributed by atoms with van der Waals surface area (Å²) in [4.78, 5) is 11.5. The van der Waals surface area contributed by atoms with E-state index >= 15 is 0 Å². The second-order valence-corrected chi connectivity index (χ2v) is 5.27. The van der Waals surface area contributed by atoms with Gasteiger partial charge in [-0.1, -0.05) is 20.8 Å². The molecule has 2 unspecified atom stereocenters. The van der Waals surface area contributed by atoms with Gasteiger partial charge in [-0.25, -0.2) is 4.79 Å². The summed E-state index contributed by atoms with van der Waals surface area (Å²) < 4.78 is 15.7. The van der Waals surface area contributed by atoms with E-state index in [0.29, 0.717) is 19.6 Å². The Balaban J connectivity index is 4.72. The van der Waals surface area contributed by atoms with Crippen molar-refractivity contribution in [3.05, 3.63) is 0 Å². The third-order valence-electron chi connectivity index (χ3n) is 3.38. The van der Waals surface area contributed by atoms with Crippen LogP contribution in [0.2, 0.25) is 0 Å². The molecule has 0 saturated carbocycles. The van der Waals surface area contributed by atoms with Crippen molar-refractivity contribution in [2.75, 3.05) is 13.2 Å². The van der Waals surface area contributed by atoms with Crippen LogP contribution in [0.15, 0.2) is 0 Å². The number of carbonyl (C=O) groups is 1. The number of ether oxygens (including phenoxy) is 3. The van der Waals surface area contributed by atoms with Crippen molar-refractivity contribution < 1.29 is 19.0 Å². The molecule has 2 N–H and O–H groups in total. The van der Waals surface area contributed by atoms with Crippen LogP contribution in [0.5, 0.6) is 0 Å². The molecule has 0 aromatic carbocycles. The summed E-state index contributed by atoms with van der Waals surface area (Å²) in [5.41, 5.74) is 4.56. The number of nitrogens with two attached hydrogens (primary N) is 1. The molecule has 18 heavy (non-hydrogen) atoms. The Kier molecular flexibility index (Phi) is 6.63. The molecule has 0 aromatic heterocycles. The van der Waals surface area contributed by atoms with Gasteiger partial charge in [-0.2, -0.15) is 0 Å². The largest absolute Gasteiger partial charge is 0.508 e. The minimum Gasteiger partial charge on any atom is -0.435 e. The molecule has 0 fully saturated rings. The average Bonchev–Trinajstić information content (AvgIpc) is 2.26. The molecule has 0 radical (unpaired) electrons. The van der Waals surface area contributed by atoms with E-state index in [2.05, 4.69) is 0 Å². The van der Waals surface area contributed by atoms with Crippen molar-refractivity contribution >= 4 is 6.16 Å². The van der Waals surface area contributed by atoms with Gasteiger partial charge < -0.3 is 19.9 Å². The molecule has 0 spiro atoms. The fourth-order valence-corrected chi connectivity index (χ4v) is 1.51. The van der Waals surface area contributed by atoms with Crippen molar-refractivity contribution in [2.24, 2.45) is 11.1 Å². The lowest BCUT2D eigenvalue weighted by Crippen LogP contribution is -2.49. The number of hydrogen-bond donors (Lipinski definition) is 1. The number of hydrogen-bond acceptors (Lipinski definition) is 5. The molecule has 0 aliphatic rings. The van der Waals surface area contributed by atoms with E-state index in [-0.39, 0.29) is 11.6 Å². The third-order valence-corrected chi connectivity index (χ3v) is 3.38. The first-order chi connectivity index (χ1) is 8.18. The van der Waals surface area contributed by atoms with Crippen LogP contribution in [0.4, 0.5) is 4.79 Å². The Bertz CT molecular complexity index is 266. The Morgan fingerprint density at radius 2 is 1.83 bits per heavy atom. The zero-order valence-electron chi connectivity index (χ0n) is 12.4. The van der Waals surface area contributed by atoms with Crippen molar-refractivity contribution in [1.82, 2.24) is 0 Å². The fraction of sp³-hybridized carbons (Fsp3) is 0.923. The topological polar surface area (TPSA) is 70.8 Å². The van der Waals surface area contributed by atoms with E-state index < -0.39 is 11.8 Å². The summed E-state index contributed by atoms with van der Waals surface area (Å²) in [5, 5.41) is 0. The van der Waals surface area contributed by atoms with Crippen molar-refractivity contribution in [1.29, 1.82) is 0 Å². The Hall–Kier alpha value is -0.810. The highest BCUT2D eigenvalue weighted by Gasteiger charge is 2.44. The van der Waals surface area contributed by atoms with Gasteiger partial charge in [0.2, 0.25) is 0 Å². The maximum atomic E-state index is 11.5. The van der Waals surface area contributed by atoms with Crippen molar-refractivity contribution in [3.8, 4) is 0 Å². The van der Waals surface area contributed by atoms with Crippen LogP contribution < -0.4 is 5.73 Å². The fourth-order valence-electron chi connectivity index (χ4n) is 1.51. The summed E-state index contributed by atoms with van der Waals surface area (Å²) in [5.74, 6) is 0. The van der Waals surface area contributed by atoms with Gasteiger partial charge >= 0.3 is 6.16 Å². The van der Waals surface area contributed by atoms with Gasteiger partial charge in [0.05, 0.1) is 13.2 Å². The highest BCUT2D eigenvalue weighted by Crippen LogP contribution is 2.37. The van der Waals surface area contributed by atoms with Crippen LogP contribution in [0.3, 0.4) is 0 Å². The third kappa shape index (κ3) is 4.82. The van der Waals surface area contributed by atoms with Gasteiger partial charge in [0.15, 0.2) is 0 Å². The molecule has 108 valence electrons. The monoisotopic (exact) mass is 261 g/mol. The standard InChI is InChI=1S/C13H27NO4/c1-7-13(6,18-11(15)16-8-2)12(4,5)9-17-10(3)14/h10H,7-9,14H2,1-6H3. The average molecular weight is 261 g/mol. The molecule has 0 aromatic rings. The van der Waals surface area contributed by atoms with Crippen LogP contribution in [-0.4, -0.2) is 31.2 Å². The van der Waals surface area contributed by atoms with Crippen LogP contribution >= 0.6 is 0 Å². The summed E-state index contributed by atoms with van der Waals surface area (Å²) in [7, 11) is 0. The minimum atomic E-state index is -0.659. The molecule has 0 aliphatic heterocycles. The summed E-state index contributed by atoms with van der Waals surface area (Å²) in [6.07, 6.45) is -0.315. The van der Waals surface area contributed by atoms with Crippen LogP contribution in [0, 0.1) is 5.41 Å². The van der Waals surface area contributed by atoms with Crippen LogP contribution in [0.1, 0.15) is 48.0 Å². The predicted molar refractivity (Wildman–Crippen MR) is 70.2 cm³/mol. The number of rotatable bonds is 7. The molecule has 0 aliphatic carbocycles. The molecule has 0 saturated heterocycles. The lowest BCUT2D eigenvalue weighted by atomic mass is 9.75.